The summed E-state index contributed by atoms with van der Waals surface area (Å²) >= 11 is 0. The Morgan fingerprint density at radius 1 is 1.23 bits per heavy atom. The van der Waals surface area contributed by atoms with Crippen LogP contribution < -0.4 is 21.6 Å². The molecule has 5 N–H and O–H groups in total. The average molecular weight is 476 g/mol. The summed E-state index contributed by atoms with van der Waals surface area (Å²) in [6, 6.07) is 9.34. The second-order valence-corrected chi connectivity index (χ2v) is 7.91. The van der Waals surface area contributed by atoms with Crippen LogP contribution in [-0.2, 0) is 4.79 Å². The van der Waals surface area contributed by atoms with Crippen LogP contribution in [0.4, 0.5) is 5.82 Å². The second kappa shape index (κ2) is 9.67. The monoisotopic (exact) mass is 475 g/mol. The van der Waals surface area contributed by atoms with E-state index < -0.39 is 11.9 Å². The molecule has 1 aliphatic heterocycles. The molecule has 0 unspecified atom stereocenters. The maximum atomic E-state index is 12.6. The summed E-state index contributed by atoms with van der Waals surface area (Å²) in [6.07, 6.45) is 4.17. The van der Waals surface area contributed by atoms with Gasteiger partial charge >= 0.3 is 0 Å². The molecule has 2 aromatic heterocycles. The van der Waals surface area contributed by atoms with Crippen LogP contribution in [0.15, 0.2) is 55.3 Å². The quantitative estimate of drug-likeness (QED) is 0.347. The number of nitrogens with one attached hydrogen (secondary N) is 1. The number of aromatic nitrogens is 3. The summed E-state index contributed by atoms with van der Waals surface area (Å²) < 4.78 is 6.28. The highest BCUT2D eigenvalue weighted by Gasteiger charge is 2.34. The Balaban J connectivity index is 1.63. The average Bonchev–Trinajstić information content (AvgIpc) is 3.48. The van der Waals surface area contributed by atoms with Crippen molar-refractivity contribution in [3.05, 3.63) is 72.3 Å². The number of nitrogens with zero attached hydrogens (tertiary/aromatic N) is 4. The third-order valence-electron chi connectivity index (χ3n) is 5.81. The number of hydrogen-bond donors (Lipinski definition) is 3. The predicted molar refractivity (Wildman–Crippen MR) is 129 cm³/mol. The van der Waals surface area contributed by atoms with Gasteiger partial charge < -0.3 is 26.5 Å². The number of carbonyl (C=O) groups is 3. The third-order valence-corrected chi connectivity index (χ3v) is 5.81. The summed E-state index contributed by atoms with van der Waals surface area (Å²) in [5.41, 5.74) is 6.80. The fourth-order valence-electron chi connectivity index (χ4n) is 4.11. The first-order chi connectivity index (χ1) is 16.8. The lowest BCUT2D eigenvalue weighted by Crippen LogP contribution is -2.32. The zero-order chi connectivity index (χ0) is 25.1. The van der Waals surface area contributed by atoms with Crippen molar-refractivity contribution in [2.75, 3.05) is 24.8 Å². The van der Waals surface area contributed by atoms with E-state index in [0.29, 0.717) is 41.5 Å². The summed E-state index contributed by atoms with van der Waals surface area (Å²) in [5, 5.41) is 2.70. The van der Waals surface area contributed by atoms with Crippen LogP contribution in [-0.4, -0.2) is 50.9 Å². The van der Waals surface area contributed by atoms with Crippen LogP contribution in [0.1, 0.15) is 45.6 Å². The van der Waals surface area contributed by atoms with Crippen LogP contribution in [0.25, 0.3) is 11.3 Å². The Kier molecular flexibility index (Phi) is 6.49. The van der Waals surface area contributed by atoms with E-state index in [2.05, 4.69) is 21.9 Å². The molecular weight excluding hydrogens is 450 g/mol. The first-order valence-corrected chi connectivity index (χ1v) is 10.9. The van der Waals surface area contributed by atoms with E-state index >= 15 is 0 Å². The van der Waals surface area contributed by atoms with Crippen molar-refractivity contribution in [3.8, 4) is 17.0 Å². The van der Waals surface area contributed by atoms with Gasteiger partial charge in [0.15, 0.2) is 11.5 Å². The van der Waals surface area contributed by atoms with E-state index in [1.165, 1.54) is 19.4 Å². The number of benzene rings is 1. The molecule has 35 heavy (non-hydrogen) atoms. The van der Waals surface area contributed by atoms with Gasteiger partial charge in [0.25, 0.3) is 11.8 Å². The molecule has 1 atom stereocenters. The molecular formula is C24H25N7O4. The molecule has 0 aliphatic carbocycles. The predicted octanol–water partition coefficient (Wildman–Crippen LogP) is 1.87. The summed E-state index contributed by atoms with van der Waals surface area (Å²) in [7, 11) is 1.52. The molecule has 1 aliphatic rings. The number of ether oxygens (including phenoxy) is 1. The molecule has 180 valence electrons. The van der Waals surface area contributed by atoms with Gasteiger partial charge in [-0.1, -0.05) is 18.7 Å². The van der Waals surface area contributed by atoms with E-state index in [1.807, 2.05) is 0 Å². The number of anilines is 1. The number of carbonyl (C=O) groups excluding carboxylic acids is 3. The minimum atomic E-state index is -0.758. The lowest BCUT2D eigenvalue weighted by molar-refractivity contribution is -0.127. The van der Waals surface area contributed by atoms with Crippen molar-refractivity contribution in [3.63, 3.8) is 0 Å². The van der Waals surface area contributed by atoms with E-state index in [4.69, 9.17) is 16.3 Å². The Bertz CT molecular complexity index is 1300. The smallest absolute Gasteiger partial charge is 0.269 e. The second-order valence-electron chi connectivity index (χ2n) is 7.91. The number of likely N-dealkylation sites (tertiary alicyclic amines) is 1. The summed E-state index contributed by atoms with van der Waals surface area (Å²) in [6.45, 7) is 4.08. The molecule has 11 heteroatoms. The summed E-state index contributed by atoms with van der Waals surface area (Å²) in [5.74, 6) is 6.11. The van der Waals surface area contributed by atoms with E-state index in [9.17, 15) is 14.4 Å². The fraction of sp³-hybridized carbons (Fsp3) is 0.208. The molecule has 0 radical (unpaired) electrons. The van der Waals surface area contributed by atoms with Crippen molar-refractivity contribution in [2.45, 2.75) is 18.9 Å². The highest BCUT2D eigenvalue weighted by Crippen LogP contribution is 2.34. The molecule has 0 bridgehead atoms. The molecule has 4 rings (SSSR count). The first kappa shape index (κ1) is 23.5. The van der Waals surface area contributed by atoms with Crippen molar-refractivity contribution in [2.24, 2.45) is 5.73 Å². The van der Waals surface area contributed by atoms with Gasteiger partial charge in [-0.2, -0.15) is 0 Å². The zero-order valence-electron chi connectivity index (χ0n) is 19.1. The number of imidazole rings is 1. The number of nitrogen functional groups attached to an aromatic ring is 1. The molecule has 1 fully saturated rings. The van der Waals surface area contributed by atoms with Gasteiger partial charge in [0.2, 0.25) is 5.91 Å². The summed E-state index contributed by atoms with van der Waals surface area (Å²) in [4.78, 5) is 47.5. The minimum Gasteiger partial charge on any atom is -0.497 e. The van der Waals surface area contributed by atoms with Gasteiger partial charge in [0, 0.05) is 29.9 Å². The maximum Gasteiger partial charge on any atom is 0.269 e. The Morgan fingerprint density at radius 2 is 1.97 bits per heavy atom. The Morgan fingerprint density at radius 3 is 2.63 bits per heavy atom. The van der Waals surface area contributed by atoms with E-state index in [-0.39, 0.29) is 23.2 Å². The van der Waals surface area contributed by atoms with E-state index in [0.717, 1.165) is 11.1 Å². The third kappa shape index (κ3) is 4.56. The minimum absolute atomic E-state index is 0.00989. The fourth-order valence-corrected chi connectivity index (χ4v) is 4.11. The maximum absolute atomic E-state index is 12.6. The Hall–Kier alpha value is -4.67. The standard InChI is InChI=1S/C24H25N7O4/c1-3-19(32)30-12-4-5-17(30)23-29-20(21(22(25)33)31(23)26)14-6-8-15(9-7-14)24(34)28-18-13-16(35-2)10-11-27-18/h3,6-11,13,17H,1,4-5,12,26H2,2H3,(H2,25,33)(H,27,28,34)/t17-/m0/s1. The number of methoxy groups -OCH3 is 1. The SMILES string of the molecule is C=CC(=O)N1CCC[C@H]1c1nc(-c2ccc(C(=O)Nc3cc(OC)ccn3)cc2)c(C(N)=O)n1N. The van der Waals surface area contributed by atoms with Gasteiger partial charge in [-0.05, 0) is 37.1 Å². The lowest BCUT2D eigenvalue weighted by atomic mass is 10.1. The highest BCUT2D eigenvalue weighted by molar-refractivity contribution is 6.04. The topological polar surface area (TPSA) is 158 Å². The van der Waals surface area contributed by atoms with Crippen molar-refractivity contribution in [1.82, 2.24) is 19.5 Å². The molecule has 3 heterocycles. The number of nitrogens with two attached hydrogens (primary N) is 2. The molecule has 0 spiro atoms. The van der Waals surface area contributed by atoms with Crippen molar-refractivity contribution < 1.29 is 19.1 Å². The molecule has 1 saturated heterocycles. The van der Waals surface area contributed by atoms with Crippen molar-refractivity contribution in [1.29, 1.82) is 0 Å². The number of hydrogen-bond acceptors (Lipinski definition) is 7. The molecule has 1 aromatic carbocycles. The van der Waals surface area contributed by atoms with Crippen LogP contribution in [0.5, 0.6) is 5.75 Å². The lowest BCUT2D eigenvalue weighted by Gasteiger charge is -2.22. The van der Waals surface area contributed by atoms with Crippen LogP contribution in [0.3, 0.4) is 0 Å². The molecule has 11 nitrogen and oxygen atoms in total. The van der Waals surface area contributed by atoms with Gasteiger partial charge in [-0.25, -0.2) is 14.6 Å². The molecule has 3 aromatic rings. The highest BCUT2D eigenvalue weighted by atomic mass is 16.5. The van der Waals surface area contributed by atoms with Crippen LogP contribution >= 0.6 is 0 Å². The van der Waals surface area contributed by atoms with Crippen LogP contribution in [0, 0.1) is 0 Å². The first-order valence-electron chi connectivity index (χ1n) is 10.9. The largest absolute Gasteiger partial charge is 0.497 e. The number of rotatable bonds is 7. The van der Waals surface area contributed by atoms with Gasteiger partial charge in [-0.3, -0.25) is 14.4 Å². The van der Waals surface area contributed by atoms with E-state index in [1.54, 1.807) is 41.3 Å². The number of pyridine rings is 1. The van der Waals surface area contributed by atoms with Crippen molar-refractivity contribution >= 4 is 23.5 Å². The molecule has 3 amide bonds. The van der Waals surface area contributed by atoms with Gasteiger partial charge in [0.05, 0.1) is 13.2 Å². The molecule has 0 saturated carbocycles. The van der Waals surface area contributed by atoms with Crippen LogP contribution in [0.2, 0.25) is 0 Å². The van der Waals surface area contributed by atoms with Gasteiger partial charge in [0.1, 0.15) is 17.3 Å². The Labute approximate surface area is 201 Å². The number of amides is 3. The number of primary amides is 1. The normalized spacial score (nSPS) is 15.0. The zero-order valence-corrected chi connectivity index (χ0v) is 19.1. The van der Waals surface area contributed by atoms with Gasteiger partial charge in [-0.15, -0.1) is 0 Å².